The summed E-state index contributed by atoms with van der Waals surface area (Å²) < 4.78 is 32.1. The first kappa shape index (κ1) is 30.1. The van der Waals surface area contributed by atoms with Crippen molar-refractivity contribution in [2.75, 3.05) is 26.8 Å². The number of hydrogen-bond acceptors (Lipinski definition) is 7. The molecule has 3 aliphatic rings. The highest BCUT2D eigenvalue weighted by Gasteiger charge is 2.36. The predicted octanol–water partition coefficient (Wildman–Crippen LogP) is 3.38. The van der Waals surface area contributed by atoms with E-state index in [9.17, 15) is 23.6 Å². The van der Waals surface area contributed by atoms with Gasteiger partial charge in [0.25, 0.3) is 11.8 Å². The summed E-state index contributed by atoms with van der Waals surface area (Å²) in [5, 5.41) is 5.79. The van der Waals surface area contributed by atoms with E-state index in [1.165, 1.54) is 19.2 Å². The minimum absolute atomic E-state index is 0.0269. The van der Waals surface area contributed by atoms with Gasteiger partial charge in [0.1, 0.15) is 17.7 Å². The SMILES string of the molecule is COc1ccc2cc1OCC(=O)N[C@@H]1CN(C(=O)c3cccc4c3CCC4=O)CC[C@H]1Oc1cc(F)cc(c1)CNC(=O)CC2. The highest BCUT2D eigenvalue weighted by Crippen LogP contribution is 2.30. The number of ether oxygens (including phenoxy) is 3. The molecule has 1 saturated heterocycles. The van der Waals surface area contributed by atoms with Crippen molar-refractivity contribution in [3.63, 3.8) is 0 Å². The molecule has 2 heterocycles. The zero-order chi connectivity index (χ0) is 31.5. The number of piperidine rings is 1. The van der Waals surface area contributed by atoms with Gasteiger partial charge in [-0.2, -0.15) is 0 Å². The van der Waals surface area contributed by atoms with Crippen LogP contribution in [0.1, 0.15) is 56.7 Å². The lowest BCUT2D eigenvalue weighted by molar-refractivity contribution is -0.125. The van der Waals surface area contributed by atoms with Crippen LogP contribution in [0, 0.1) is 5.82 Å². The lowest BCUT2D eigenvalue weighted by Gasteiger charge is -2.39. The Morgan fingerprint density at radius 1 is 0.978 bits per heavy atom. The lowest BCUT2D eigenvalue weighted by atomic mass is 9.98. The molecule has 2 atom stereocenters. The van der Waals surface area contributed by atoms with Crippen LogP contribution in [0.4, 0.5) is 4.39 Å². The first-order valence-electron chi connectivity index (χ1n) is 15.0. The topological polar surface area (TPSA) is 123 Å². The van der Waals surface area contributed by atoms with Crippen molar-refractivity contribution < 1.29 is 37.8 Å². The van der Waals surface area contributed by atoms with Crippen LogP contribution in [0.15, 0.2) is 54.6 Å². The number of ketones is 1. The van der Waals surface area contributed by atoms with Crippen molar-refractivity contribution in [3.05, 3.63) is 88.2 Å². The third-order valence-corrected chi connectivity index (χ3v) is 8.43. The molecule has 0 aromatic heterocycles. The van der Waals surface area contributed by atoms with E-state index in [0.29, 0.717) is 60.4 Å². The van der Waals surface area contributed by atoms with Gasteiger partial charge in [-0.1, -0.05) is 18.2 Å². The maximum Gasteiger partial charge on any atom is 0.258 e. The molecule has 1 aliphatic carbocycles. The van der Waals surface area contributed by atoms with Gasteiger partial charge in [0, 0.05) is 56.1 Å². The van der Waals surface area contributed by atoms with Gasteiger partial charge >= 0.3 is 0 Å². The van der Waals surface area contributed by atoms with Gasteiger partial charge in [-0.25, -0.2) is 4.39 Å². The number of amides is 3. The van der Waals surface area contributed by atoms with Gasteiger partial charge in [0.2, 0.25) is 5.91 Å². The highest BCUT2D eigenvalue weighted by molar-refractivity contribution is 6.05. The first-order valence-corrected chi connectivity index (χ1v) is 15.0. The fourth-order valence-corrected chi connectivity index (χ4v) is 6.15. The van der Waals surface area contributed by atoms with Crippen LogP contribution in [-0.2, 0) is 29.0 Å². The average molecular weight is 616 g/mol. The molecule has 10 nitrogen and oxygen atoms in total. The molecule has 6 rings (SSSR count). The number of nitrogens with one attached hydrogen (secondary N) is 2. The number of rotatable bonds is 2. The Bertz CT molecular complexity index is 1660. The van der Waals surface area contributed by atoms with Crippen LogP contribution in [-0.4, -0.2) is 67.4 Å². The van der Waals surface area contributed by atoms with Gasteiger partial charge in [-0.15, -0.1) is 0 Å². The van der Waals surface area contributed by atoms with Gasteiger partial charge in [0.15, 0.2) is 23.9 Å². The van der Waals surface area contributed by atoms with Crippen LogP contribution in [0.5, 0.6) is 17.2 Å². The normalized spacial score (nSPS) is 20.3. The Morgan fingerprint density at radius 3 is 2.69 bits per heavy atom. The summed E-state index contributed by atoms with van der Waals surface area (Å²) in [7, 11) is 1.50. The molecule has 45 heavy (non-hydrogen) atoms. The Balaban J connectivity index is 1.27. The summed E-state index contributed by atoms with van der Waals surface area (Å²) in [6, 6.07) is 14.1. The molecule has 0 unspecified atom stereocenters. The number of carbonyl (C=O) groups excluding carboxylic acids is 4. The number of Topliss-reactive ketones (excluding diaryl/α,β-unsaturated/α-hetero) is 1. The Kier molecular flexibility index (Phi) is 8.68. The van der Waals surface area contributed by atoms with E-state index >= 15 is 0 Å². The van der Waals surface area contributed by atoms with Crippen molar-refractivity contribution in [1.29, 1.82) is 0 Å². The van der Waals surface area contributed by atoms with Crippen molar-refractivity contribution in [2.24, 2.45) is 0 Å². The number of fused-ring (bicyclic) bond motifs is 6. The van der Waals surface area contributed by atoms with Crippen LogP contribution in [0.25, 0.3) is 0 Å². The third-order valence-electron chi connectivity index (χ3n) is 8.43. The molecule has 234 valence electrons. The Hall–Kier alpha value is -4.93. The summed E-state index contributed by atoms with van der Waals surface area (Å²) in [5.41, 5.74) is 3.16. The number of halogens is 1. The van der Waals surface area contributed by atoms with E-state index in [-0.39, 0.29) is 49.5 Å². The van der Waals surface area contributed by atoms with Crippen molar-refractivity contribution in [1.82, 2.24) is 15.5 Å². The van der Waals surface area contributed by atoms with Crippen LogP contribution in [0.3, 0.4) is 0 Å². The molecule has 2 N–H and O–H groups in total. The molecule has 0 saturated carbocycles. The number of methoxy groups -OCH3 is 1. The lowest BCUT2D eigenvalue weighted by Crippen LogP contribution is -2.58. The number of likely N-dealkylation sites (tertiary alicyclic amines) is 1. The average Bonchev–Trinajstić information content (AvgIpc) is 3.42. The van der Waals surface area contributed by atoms with E-state index in [2.05, 4.69) is 10.6 Å². The van der Waals surface area contributed by atoms with E-state index in [1.807, 2.05) is 6.07 Å². The summed E-state index contributed by atoms with van der Waals surface area (Å²) in [6.45, 7) is 0.229. The van der Waals surface area contributed by atoms with E-state index in [0.717, 1.165) is 11.1 Å². The quantitative estimate of drug-likeness (QED) is 0.453. The van der Waals surface area contributed by atoms with Gasteiger partial charge in [-0.3, -0.25) is 19.2 Å². The first-order chi connectivity index (χ1) is 21.8. The fraction of sp³-hybridized carbons (Fsp3) is 0.353. The molecule has 3 aromatic carbocycles. The molecule has 3 amide bonds. The minimum Gasteiger partial charge on any atom is -0.493 e. The number of aryl methyl sites for hydroxylation is 1. The Labute approximate surface area is 259 Å². The number of carbonyl (C=O) groups is 4. The van der Waals surface area contributed by atoms with Crippen LogP contribution >= 0.6 is 0 Å². The molecule has 2 aliphatic heterocycles. The van der Waals surface area contributed by atoms with Crippen LogP contribution in [0.2, 0.25) is 0 Å². The third kappa shape index (κ3) is 6.77. The van der Waals surface area contributed by atoms with Crippen molar-refractivity contribution in [2.45, 2.75) is 50.8 Å². The van der Waals surface area contributed by atoms with Crippen molar-refractivity contribution in [3.8, 4) is 17.2 Å². The molecular formula is C34H34FN3O7. The molecular weight excluding hydrogens is 581 g/mol. The number of hydrogen-bond donors (Lipinski definition) is 2. The largest absolute Gasteiger partial charge is 0.493 e. The second-order valence-electron chi connectivity index (χ2n) is 11.5. The molecule has 11 heteroatoms. The van der Waals surface area contributed by atoms with E-state index in [1.54, 1.807) is 41.3 Å². The maximum atomic E-state index is 14.6. The van der Waals surface area contributed by atoms with Crippen molar-refractivity contribution >= 4 is 23.5 Å². The summed E-state index contributed by atoms with van der Waals surface area (Å²) in [4.78, 5) is 53.5. The summed E-state index contributed by atoms with van der Waals surface area (Å²) in [5.74, 6) is -0.318. The summed E-state index contributed by atoms with van der Waals surface area (Å²) >= 11 is 0. The highest BCUT2D eigenvalue weighted by atomic mass is 19.1. The zero-order valence-corrected chi connectivity index (χ0v) is 24.9. The van der Waals surface area contributed by atoms with Gasteiger partial charge < -0.3 is 29.7 Å². The molecule has 1 fully saturated rings. The van der Waals surface area contributed by atoms with E-state index < -0.39 is 23.9 Å². The molecule has 0 radical (unpaired) electrons. The Morgan fingerprint density at radius 2 is 1.84 bits per heavy atom. The number of nitrogens with zero attached hydrogens (tertiary/aromatic N) is 1. The number of benzene rings is 3. The standard InChI is InChI=1S/C34H34FN3O7/c1-43-30-9-5-20-6-10-32(40)36-17-21-13-22(35)16-23(14-21)45-29-11-12-38(18-27(29)37-33(41)19-44-31(30)15-20)34(42)26-4-2-3-25-24(26)7-8-28(25)39/h2-5,9,13-16,27,29H,6-8,10-12,17-19H2,1H3,(H,36,40)(H,37,41)/t27-,29-/m1/s1. The predicted molar refractivity (Wildman–Crippen MR) is 161 cm³/mol. The zero-order valence-electron chi connectivity index (χ0n) is 24.9. The summed E-state index contributed by atoms with van der Waals surface area (Å²) in [6.07, 6.45) is 1.27. The molecule has 3 aromatic rings. The monoisotopic (exact) mass is 615 g/mol. The maximum absolute atomic E-state index is 14.6. The van der Waals surface area contributed by atoms with Gasteiger partial charge in [0.05, 0.1) is 13.2 Å². The molecule has 4 bridgehead atoms. The molecule has 0 spiro atoms. The smallest absolute Gasteiger partial charge is 0.258 e. The van der Waals surface area contributed by atoms with E-state index in [4.69, 9.17) is 14.2 Å². The minimum atomic E-state index is -0.657. The van der Waals surface area contributed by atoms with Crippen LogP contribution < -0.4 is 24.8 Å². The second-order valence-corrected chi connectivity index (χ2v) is 11.5. The second kappa shape index (κ2) is 13.0. The van der Waals surface area contributed by atoms with Gasteiger partial charge in [-0.05, 0) is 59.9 Å². The fourth-order valence-electron chi connectivity index (χ4n) is 6.15.